The Morgan fingerprint density at radius 1 is 1.53 bits per heavy atom. The fourth-order valence-electron chi connectivity index (χ4n) is 0.792. The Morgan fingerprint density at radius 2 is 2.13 bits per heavy atom. The van der Waals surface area contributed by atoms with Gasteiger partial charge >= 0.3 is 5.97 Å². The van der Waals surface area contributed by atoms with Gasteiger partial charge in [-0.1, -0.05) is 0 Å². The van der Waals surface area contributed by atoms with Crippen LogP contribution in [0.3, 0.4) is 0 Å². The summed E-state index contributed by atoms with van der Waals surface area (Å²) in [6, 6.07) is -0.758. The Morgan fingerprint density at radius 3 is 2.60 bits per heavy atom. The number of nitrogens with two attached hydrogens (primary N) is 1. The monoisotopic (exact) mass is 220 g/mol. The van der Waals surface area contributed by atoms with Crippen LogP contribution in [0.25, 0.3) is 0 Å². The first-order valence-electron chi connectivity index (χ1n) is 4.42. The number of carbonyl (C=O) groups is 2. The molecule has 0 aromatic heterocycles. The van der Waals surface area contributed by atoms with Crippen LogP contribution in [0.5, 0.6) is 0 Å². The number of aliphatic carboxylic acids is 1. The zero-order chi connectivity index (χ0) is 11.8. The minimum atomic E-state index is -1.61. The third kappa shape index (κ3) is 6.00. The summed E-state index contributed by atoms with van der Waals surface area (Å²) >= 11 is 0. The second-order valence-corrected chi connectivity index (χ2v) is 2.99. The van der Waals surface area contributed by atoms with Gasteiger partial charge in [-0.25, -0.2) is 4.79 Å². The smallest absolute Gasteiger partial charge is 0.334 e. The molecule has 88 valence electrons. The summed E-state index contributed by atoms with van der Waals surface area (Å²) in [7, 11) is 1.48. The zero-order valence-electron chi connectivity index (χ0n) is 8.47. The van der Waals surface area contributed by atoms with Gasteiger partial charge in [-0.15, -0.1) is 0 Å². The van der Waals surface area contributed by atoms with E-state index in [-0.39, 0.29) is 6.54 Å². The van der Waals surface area contributed by atoms with Crippen molar-refractivity contribution in [3.63, 3.8) is 0 Å². The highest BCUT2D eigenvalue weighted by Gasteiger charge is 2.17. The molecule has 1 amide bonds. The van der Waals surface area contributed by atoms with Crippen LogP contribution in [0, 0.1) is 0 Å². The Bertz CT molecular complexity index is 221. The average Bonchev–Trinajstić information content (AvgIpc) is 2.21. The minimum absolute atomic E-state index is 0.339. The van der Waals surface area contributed by atoms with Crippen LogP contribution < -0.4 is 11.1 Å². The number of carbonyl (C=O) groups excluding carboxylic acids is 1. The molecule has 2 unspecified atom stereocenters. The lowest BCUT2D eigenvalue weighted by Gasteiger charge is -2.12. The molecule has 0 aromatic carbocycles. The van der Waals surface area contributed by atoms with Crippen molar-refractivity contribution in [1.82, 2.24) is 5.32 Å². The van der Waals surface area contributed by atoms with Gasteiger partial charge in [0.25, 0.3) is 0 Å². The Balaban J connectivity index is 3.77. The molecule has 0 saturated carbocycles. The van der Waals surface area contributed by atoms with E-state index < -0.39 is 24.0 Å². The molecule has 0 spiro atoms. The molecular weight excluding hydrogens is 204 g/mol. The number of carboxylic acids is 1. The first-order chi connectivity index (χ1) is 6.99. The van der Waals surface area contributed by atoms with E-state index in [9.17, 15) is 9.59 Å². The number of carboxylic acid groups (broad SMARTS) is 1. The molecule has 0 rings (SSSR count). The molecule has 0 aliphatic carbocycles. The largest absolute Gasteiger partial charge is 0.479 e. The summed E-state index contributed by atoms with van der Waals surface area (Å²) in [5.41, 5.74) is 5.44. The highest BCUT2D eigenvalue weighted by Crippen LogP contribution is 1.89. The number of methoxy groups -OCH3 is 1. The zero-order valence-corrected chi connectivity index (χ0v) is 8.47. The molecule has 7 heteroatoms. The SMILES string of the molecule is COCCC(N)C(=O)NCC(O)C(=O)O. The van der Waals surface area contributed by atoms with Crippen molar-refractivity contribution >= 4 is 11.9 Å². The van der Waals surface area contributed by atoms with Crippen LogP contribution >= 0.6 is 0 Å². The third-order valence-electron chi connectivity index (χ3n) is 1.72. The second-order valence-electron chi connectivity index (χ2n) is 2.99. The maximum Gasteiger partial charge on any atom is 0.334 e. The van der Waals surface area contributed by atoms with Crippen LogP contribution in [0.2, 0.25) is 0 Å². The molecule has 0 aliphatic heterocycles. The lowest BCUT2D eigenvalue weighted by atomic mass is 10.2. The summed E-state index contributed by atoms with van der Waals surface area (Å²) in [5.74, 6) is -1.90. The highest BCUT2D eigenvalue weighted by molar-refractivity contribution is 5.82. The molecule has 15 heavy (non-hydrogen) atoms. The van der Waals surface area contributed by atoms with Crippen molar-refractivity contribution in [1.29, 1.82) is 0 Å². The molecule has 0 bridgehead atoms. The van der Waals surface area contributed by atoms with Gasteiger partial charge in [0, 0.05) is 13.7 Å². The first kappa shape index (κ1) is 13.8. The number of amides is 1. The average molecular weight is 220 g/mol. The quantitative estimate of drug-likeness (QED) is 0.390. The minimum Gasteiger partial charge on any atom is -0.479 e. The van der Waals surface area contributed by atoms with Gasteiger partial charge in [-0.2, -0.15) is 0 Å². The molecule has 0 saturated heterocycles. The lowest BCUT2D eigenvalue weighted by molar-refractivity contribution is -0.146. The van der Waals surface area contributed by atoms with E-state index in [2.05, 4.69) is 5.32 Å². The molecule has 2 atom stereocenters. The molecule has 0 aliphatic rings. The van der Waals surface area contributed by atoms with Crippen LogP contribution in [0.4, 0.5) is 0 Å². The van der Waals surface area contributed by atoms with E-state index in [1.807, 2.05) is 0 Å². The number of nitrogens with one attached hydrogen (secondary N) is 1. The number of ether oxygens (including phenoxy) is 1. The predicted octanol–water partition coefficient (Wildman–Crippen LogP) is -2.09. The van der Waals surface area contributed by atoms with Crippen molar-refractivity contribution in [2.75, 3.05) is 20.3 Å². The van der Waals surface area contributed by atoms with Crippen molar-refractivity contribution < 1.29 is 24.5 Å². The maximum absolute atomic E-state index is 11.2. The standard InChI is InChI=1S/C8H16N2O5/c1-15-3-2-5(9)7(12)10-4-6(11)8(13)14/h5-6,11H,2-4,9H2,1H3,(H,10,12)(H,13,14). The van der Waals surface area contributed by atoms with Gasteiger partial charge in [-0.3, -0.25) is 4.79 Å². The summed E-state index contributed by atoms with van der Waals surface area (Å²) in [6.07, 6.45) is -1.27. The molecular formula is C8H16N2O5. The maximum atomic E-state index is 11.2. The van der Waals surface area contributed by atoms with Crippen molar-refractivity contribution in [3.05, 3.63) is 0 Å². The topological polar surface area (TPSA) is 122 Å². The van der Waals surface area contributed by atoms with Crippen LogP contribution in [-0.2, 0) is 14.3 Å². The van der Waals surface area contributed by atoms with Crippen LogP contribution in [0.1, 0.15) is 6.42 Å². The molecule has 0 fully saturated rings. The van der Waals surface area contributed by atoms with E-state index in [0.29, 0.717) is 13.0 Å². The van der Waals surface area contributed by atoms with Crippen molar-refractivity contribution in [2.24, 2.45) is 5.73 Å². The van der Waals surface area contributed by atoms with Gasteiger partial charge in [0.2, 0.25) is 5.91 Å². The number of hydrogen-bond acceptors (Lipinski definition) is 5. The first-order valence-corrected chi connectivity index (χ1v) is 4.42. The molecule has 7 nitrogen and oxygen atoms in total. The van der Waals surface area contributed by atoms with E-state index in [1.165, 1.54) is 7.11 Å². The van der Waals surface area contributed by atoms with Crippen LogP contribution in [-0.4, -0.2) is 54.5 Å². The summed E-state index contributed by atoms with van der Waals surface area (Å²) in [4.78, 5) is 21.4. The van der Waals surface area contributed by atoms with E-state index in [4.69, 9.17) is 20.7 Å². The molecule has 0 heterocycles. The molecule has 0 aromatic rings. The highest BCUT2D eigenvalue weighted by atomic mass is 16.5. The fourth-order valence-corrected chi connectivity index (χ4v) is 0.792. The fraction of sp³-hybridized carbons (Fsp3) is 0.750. The normalized spacial score (nSPS) is 14.3. The van der Waals surface area contributed by atoms with Gasteiger partial charge in [0.15, 0.2) is 6.10 Å². The number of hydrogen-bond donors (Lipinski definition) is 4. The van der Waals surface area contributed by atoms with E-state index in [1.54, 1.807) is 0 Å². The summed E-state index contributed by atoms with van der Waals surface area (Å²) in [5, 5.41) is 19.4. The van der Waals surface area contributed by atoms with Crippen molar-refractivity contribution in [2.45, 2.75) is 18.6 Å². The van der Waals surface area contributed by atoms with E-state index >= 15 is 0 Å². The van der Waals surface area contributed by atoms with E-state index in [0.717, 1.165) is 0 Å². The second kappa shape index (κ2) is 7.16. The summed E-state index contributed by atoms with van der Waals surface area (Å²) in [6.45, 7) is -0.00901. The van der Waals surface area contributed by atoms with Gasteiger partial charge in [-0.05, 0) is 6.42 Å². The van der Waals surface area contributed by atoms with Crippen LogP contribution in [0.15, 0.2) is 0 Å². The Labute approximate surface area is 87.2 Å². The number of rotatable bonds is 7. The molecule has 5 N–H and O–H groups in total. The Kier molecular flexibility index (Phi) is 6.59. The summed E-state index contributed by atoms with van der Waals surface area (Å²) < 4.78 is 4.72. The predicted molar refractivity (Wildman–Crippen MR) is 51.1 cm³/mol. The van der Waals surface area contributed by atoms with Crippen molar-refractivity contribution in [3.8, 4) is 0 Å². The number of aliphatic hydroxyl groups excluding tert-OH is 1. The van der Waals surface area contributed by atoms with Gasteiger partial charge in [0.05, 0.1) is 12.6 Å². The Hall–Kier alpha value is -1.18. The van der Waals surface area contributed by atoms with Gasteiger partial charge in [0.1, 0.15) is 0 Å². The number of aliphatic hydroxyl groups is 1. The molecule has 0 radical (unpaired) electrons. The third-order valence-corrected chi connectivity index (χ3v) is 1.72. The van der Waals surface area contributed by atoms with Gasteiger partial charge < -0.3 is 26.0 Å². The lowest BCUT2D eigenvalue weighted by Crippen LogP contribution is -2.45.